The Morgan fingerprint density at radius 3 is 2.57 bits per heavy atom. The summed E-state index contributed by atoms with van der Waals surface area (Å²) in [6, 6.07) is 10.3. The molecule has 0 spiro atoms. The molecule has 2 heterocycles. The number of ketones is 2. The van der Waals surface area contributed by atoms with Crippen molar-refractivity contribution in [3.63, 3.8) is 0 Å². The fraction of sp³-hybridized carbons (Fsp3) is 0.400. The third-order valence-corrected chi connectivity index (χ3v) is 4.74. The van der Waals surface area contributed by atoms with Crippen LogP contribution in [0.4, 0.5) is 0 Å². The quantitative estimate of drug-likeness (QED) is 0.802. The second kappa shape index (κ2) is 5.80. The molecule has 2 aliphatic heterocycles. The van der Waals surface area contributed by atoms with Crippen molar-refractivity contribution in [2.45, 2.75) is 45.2 Å². The van der Waals surface area contributed by atoms with Crippen LogP contribution in [-0.4, -0.2) is 28.6 Å². The van der Waals surface area contributed by atoms with Gasteiger partial charge in [0, 0.05) is 17.5 Å². The minimum atomic E-state index is -0.399. The Morgan fingerprint density at radius 1 is 1.22 bits per heavy atom. The van der Waals surface area contributed by atoms with Crippen molar-refractivity contribution in [3.05, 3.63) is 60.3 Å². The summed E-state index contributed by atoms with van der Waals surface area (Å²) in [5, 5.41) is 0. The molecule has 3 heteroatoms. The molecule has 0 aliphatic carbocycles. The van der Waals surface area contributed by atoms with Crippen molar-refractivity contribution in [2.24, 2.45) is 5.41 Å². The van der Waals surface area contributed by atoms with Crippen LogP contribution in [0.5, 0.6) is 0 Å². The Kier molecular flexibility index (Phi) is 3.97. The molecular formula is C20H23NO2. The van der Waals surface area contributed by atoms with Crippen LogP contribution < -0.4 is 0 Å². The highest BCUT2D eigenvalue weighted by Gasteiger charge is 2.44. The Bertz CT molecular complexity index is 667. The van der Waals surface area contributed by atoms with Crippen LogP contribution in [0.25, 0.3) is 0 Å². The van der Waals surface area contributed by atoms with Gasteiger partial charge in [0.15, 0.2) is 11.6 Å². The zero-order valence-electron chi connectivity index (χ0n) is 13.9. The third-order valence-electron chi connectivity index (χ3n) is 4.74. The highest BCUT2D eigenvalue weighted by molar-refractivity contribution is 5.97. The molecular weight excluding hydrogens is 286 g/mol. The van der Waals surface area contributed by atoms with Gasteiger partial charge in [0.05, 0.1) is 12.1 Å². The molecule has 0 saturated carbocycles. The molecule has 3 rings (SSSR count). The number of hydrogen-bond donors (Lipinski definition) is 0. The number of hydrogen-bond acceptors (Lipinski definition) is 3. The SMILES string of the molecule is CC(C)(C)C(=O)C=CN1C2CC(c3ccccc3)C1C=CC2=O. The maximum atomic E-state index is 12.2. The maximum Gasteiger partial charge on any atom is 0.177 e. The first-order valence-electron chi connectivity index (χ1n) is 8.15. The smallest absolute Gasteiger partial charge is 0.177 e. The van der Waals surface area contributed by atoms with Crippen LogP contribution in [-0.2, 0) is 9.59 Å². The summed E-state index contributed by atoms with van der Waals surface area (Å²) in [5.74, 6) is 0.501. The van der Waals surface area contributed by atoms with Gasteiger partial charge in [0.1, 0.15) is 0 Å². The summed E-state index contributed by atoms with van der Waals surface area (Å²) >= 11 is 0. The summed E-state index contributed by atoms with van der Waals surface area (Å²) in [5.41, 5.74) is 0.851. The van der Waals surface area contributed by atoms with E-state index in [-0.39, 0.29) is 23.7 Å². The Labute approximate surface area is 137 Å². The van der Waals surface area contributed by atoms with E-state index in [0.717, 1.165) is 6.42 Å². The first kappa shape index (κ1) is 15.7. The lowest BCUT2D eigenvalue weighted by Gasteiger charge is -2.30. The van der Waals surface area contributed by atoms with E-state index in [2.05, 4.69) is 17.0 Å². The van der Waals surface area contributed by atoms with Crippen molar-refractivity contribution >= 4 is 11.6 Å². The lowest BCUT2D eigenvalue weighted by atomic mass is 9.90. The van der Waals surface area contributed by atoms with Gasteiger partial charge in [-0.3, -0.25) is 9.59 Å². The second-order valence-corrected chi connectivity index (χ2v) is 7.40. The van der Waals surface area contributed by atoms with Crippen molar-refractivity contribution in [1.82, 2.24) is 4.90 Å². The monoisotopic (exact) mass is 309 g/mol. The van der Waals surface area contributed by atoms with E-state index in [1.807, 2.05) is 51.2 Å². The number of rotatable bonds is 3. The topological polar surface area (TPSA) is 37.4 Å². The molecule has 1 aromatic rings. The van der Waals surface area contributed by atoms with E-state index in [1.165, 1.54) is 5.56 Å². The first-order chi connectivity index (χ1) is 10.9. The van der Waals surface area contributed by atoms with Crippen LogP contribution >= 0.6 is 0 Å². The fourth-order valence-corrected chi connectivity index (χ4v) is 3.36. The van der Waals surface area contributed by atoms with E-state index >= 15 is 0 Å². The lowest BCUT2D eigenvalue weighted by molar-refractivity contribution is -0.122. The van der Waals surface area contributed by atoms with Gasteiger partial charge >= 0.3 is 0 Å². The van der Waals surface area contributed by atoms with E-state index in [1.54, 1.807) is 12.2 Å². The largest absolute Gasteiger partial charge is 0.360 e. The van der Waals surface area contributed by atoms with Gasteiger partial charge in [-0.1, -0.05) is 57.2 Å². The Morgan fingerprint density at radius 2 is 1.91 bits per heavy atom. The van der Waals surface area contributed by atoms with Gasteiger partial charge in [-0.05, 0) is 24.1 Å². The molecule has 0 aromatic heterocycles. The minimum Gasteiger partial charge on any atom is -0.360 e. The van der Waals surface area contributed by atoms with Crippen molar-refractivity contribution in [2.75, 3.05) is 0 Å². The first-order valence-corrected chi connectivity index (χ1v) is 8.15. The van der Waals surface area contributed by atoms with Crippen LogP contribution in [0.1, 0.15) is 38.7 Å². The van der Waals surface area contributed by atoms with Crippen LogP contribution in [0, 0.1) is 5.41 Å². The van der Waals surface area contributed by atoms with Gasteiger partial charge in [0.2, 0.25) is 0 Å². The molecule has 3 atom stereocenters. The third kappa shape index (κ3) is 3.00. The van der Waals surface area contributed by atoms with Gasteiger partial charge in [0.25, 0.3) is 0 Å². The van der Waals surface area contributed by atoms with Gasteiger partial charge in [-0.15, -0.1) is 0 Å². The highest BCUT2D eigenvalue weighted by Crippen LogP contribution is 2.41. The molecule has 0 amide bonds. The van der Waals surface area contributed by atoms with Crippen LogP contribution in [0.2, 0.25) is 0 Å². The molecule has 1 fully saturated rings. The van der Waals surface area contributed by atoms with E-state index in [9.17, 15) is 9.59 Å². The van der Waals surface area contributed by atoms with Crippen molar-refractivity contribution in [1.29, 1.82) is 0 Å². The predicted molar refractivity (Wildman–Crippen MR) is 91.0 cm³/mol. The maximum absolute atomic E-state index is 12.2. The second-order valence-electron chi connectivity index (χ2n) is 7.40. The fourth-order valence-electron chi connectivity index (χ4n) is 3.36. The lowest BCUT2D eigenvalue weighted by Crippen LogP contribution is -2.39. The predicted octanol–water partition coefficient (Wildman–Crippen LogP) is 3.48. The molecule has 120 valence electrons. The normalized spacial score (nSPS) is 27.0. The highest BCUT2D eigenvalue weighted by atomic mass is 16.1. The van der Waals surface area contributed by atoms with E-state index < -0.39 is 5.41 Å². The number of nitrogens with zero attached hydrogens (tertiary/aromatic N) is 1. The Hall–Kier alpha value is -2.16. The zero-order valence-corrected chi connectivity index (χ0v) is 13.9. The number of allylic oxidation sites excluding steroid dienone is 1. The molecule has 3 unspecified atom stereocenters. The molecule has 1 saturated heterocycles. The number of carbonyl (C=O) groups is 2. The Balaban J connectivity index is 1.87. The van der Waals surface area contributed by atoms with Gasteiger partial charge in [-0.2, -0.15) is 0 Å². The van der Waals surface area contributed by atoms with Crippen LogP contribution in [0.15, 0.2) is 54.8 Å². The average molecular weight is 309 g/mol. The minimum absolute atomic E-state index is 0.0789. The summed E-state index contributed by atoms with van der Waals surface area (Å²) in [4.78, 5) is 26.5. The number of benzene rings is 1. The number of carbonyl (C=O) groups excluding carboxylic acids is 2. The summed E-state index contributed by atoms with van der Waals surface area (Å²) in [7, 11) is 0. The average Bonchev–Trinajstić information content (AvgIpc) is 2.79. The van der Waals surface area contributed by atoms with E-state index in [0.29, 0.717) is 5.92 Å². The molecule has 1 aromatic carbocycles. The summed E-state index contributed by atoms with van der Waals surface area (Å²) in [6.45, 7) is 5.72. The molecule has 23 heavy (non-hydrogen) atoms. The molecule has 2 bridgehead atoms. The van der Waals surface area contributed by atoms with Crippen molar-refractivity contribution < 1.29 is 9.59 Å². The van der Waals surface area contributed by atoms with Crippen molar-refractivity contribution in [3.8, 4) is 0 Å². The molecule has 0 N–H and O–H groups in total. The standard InChI is InChI=1S/C20H23NO2/c1-20(2,3)19(23)11-12-21-16-9-10-18(22)17(21)13-15(16)14-7-5-4-6-8-14/h4-12,15-17H,13H2,1-3H3. The zero-order chi connectivity index (χ0) is 16.6. The van der Waals surface area contributed by atoms with Gasteiger partial charge in [-0.25, -0.2) is 0 Å². The van der Waals surface area contributed by atoms with Crippen LogP contribution in [0.3, 0.4) is 0 Å². The number of fused-ring (bicyclic) bond motifs is 2. The summed E-state index contributed by atoms with van der Waals surface area (Å²) in [6.07, 6.45) is 7.94. The van der Waals surface area contributed by atoms with E-state index in [4.69, 9.17) is 0 Å². The summed E-state index contributed by atoms with van der Waals surface area (Å²) < 4.78 is 0. The van der Waals surface area contributed by atoms with Gasteiger partial charge < -0.3 is 4.90 Å². The molecule has 3 nitrogen and oxygen atoms in total. The molecule has 2 aliphatic rings. The molecule has 0 radical (unpaired) electrons.